The van der Waals surface area contributed by atoms with Crippen LogP contribution in [0.25, 0.3) is 0 Å². The summed E-state index contributed by atoms with van der Waals surface area (Å²) in [5, 5.41) is 3.43. The van der Waals surface area contributed by atoms with Crippen LogP contribution < -0.4 is 5.32 Å². The minimum atomic E-state index is 0.642. The van der Waals surface area contributed by atoms with E-state index in [4.69, 9.17) is 0 Å². The first kappa shape index (κ1) is 18.0. The van der Waals surface area contributed by atoms with Crippen molar-refractivity contribution in [2.75, 3.05) is 7.05 Å². The molecule has 0 saturated heterocycles. The molecular weight excluding hydrogens is 218 g/mol. The largest absolute Gasteiger partial charge is 0.317 e. The van der Waals surface area contributed by atoms with Crippen LogP contribution in [0.4, 0.5) is 0 Å². The third-order valence-electron chi connectivity index (χ3n) is 5.10. The average molecular weight is 255 g/mol. The van der Waals surface area contributed by atoms with Gasteiger partial charge in [0.25, 0.3) is 0 Å². The van der Waals surface area contributed by atoms with Gasteiger partial charge in [-0.3, -0.25) is 0 Å². The summed E-state index contributed by atoms with van der Waals surface area (Å²) in [7, 11) is 2.09. The summed E-state index contributed by atoms with van der Waals surface area (Å²) < 4.78 is 0. The van der Waals surface area contributed by atoms with Crippen LogP contribution >= 0.6 is 0 Å². The fourth-order valence-electron chi connectivity index (χ4n) is 2.97. The Morgan fingerprint density at radius 1 is 0.778 bits per heavy atom. The van der Waals surface area contributed by atoms with E-state index in [-0.39, 0.29) is 0 Å². The molecule has 0 aliphatic heterocycles. The number of hydrogen-bond acceptors (Lipinski definition) is 1. The molecule has 1 N–H and O–H groups in total. The lowest BCUT2D eigenvalue weighted by Crippen LogP contribution is -2.33. The fourth-order valence-corrected chi connectivity index (χ4v) is 2.97. The number of rotatable bonds is 9. The first-order valence-electron chi connectivity index (χ1n) is 7.98. The lowest BCUT2D eigenvalue weighted by Gasteiger charge is -2.29. The minimum Gasteiger partial charge on any atom is -0.317 e. The molecule has 4 atom stereocenters. The molecule has 0 saturated carbocycles. The van der Waals surface area contributed by atoms with Crippen molar-refractivity contribution in [2.45, 2.75) is 73.8 Å². The SMILES string of the molecule is CNC(C)C(CCCC(C)C(C)C(C)C)C(C)C. The molecule has 0 aromatic rings. The van der Waals surface area contributed by atoms with E-state index in [1.54, 1.807) is 0 Å². The van der Waals surface area contributed by atoms with Crippen LogP contribution in [0.3, 0.4) is 0 Å². The zero-order valence-electron chi connectivity index (χ0n) is 14.1. The fraction of sp³-hybridized carbons (Fsp3) is 1.00. The molecule has 0 fully saturated rings. The van der Waals surface area contributed by atoms with Gasteiger partial charge in [-0.05, 0) is 50.0 Å². The van der Waals surface area contributed by atoms with Gasteiger partial charge < -0.3 is 5.32 Å². The lowest BCUT2D eigenvalue weighted by atomic mass is 9.80. The van der Waals surface area contributed by atoms with Gasteiger partial charge in [-0.2, -0.15) is 0 Å². The normalized spacial score (nSPS) is 19.0. The third kappa shape index (κ3) is 6.22. The van der Waals surface area contributed by atoms with Crippen LogP contribution in [-0.4, -0.2) is 13.1 Å². The van der Waals surface area contributed by atoms with E-state index in [9.17, 15) is 0 Å². The van der Waals surface area contributed by atoms with Gasteiger partial charge in [0.15, 0.2) is 0 Å². The summed E-state index contributed by atoms with van der Waals surface area (Å²) in [4.78, 5) is 0. The summed E-state index contributed by atoms with van der Waals surface area (Å²) in [6.07, 6.45) is 4.14. The highest BCUT2D eigenvalue weighted by Crippen LogP contribution is 2.27. The molecule has 0 spiro atoms. The second-order valence-corrected chi connectivity index (χ2v) is 7.00. The second kappa shape index (κ2) is 8.96. The molecule has 0 amide bonds. The summed E-state index contributed by atoms with van der Waals surface area (Å²) in [6.45, 7) is 16.6. The van der Waals surface area contributed by atoms with Crippen LogP contribution in [0, 0.1) is 29.6 Å². The van der Waals surface area contributed by atoms with E-state index in [1.807, 2.05) is 0 Å². The maximum absolute atomic E-state index is 3.43. The zero-order valence-corrected chi connectivity index (χ0v) is 14.1. The van der Waals surface area contributed by atoms with E-state index < -0.39 is 0 Å². The van der Waals surface area contributed by atoms with E-state index >= 15 is 0 Å². The quantitative estimate of drug-likeness (QED) is 0.613. The van der Waals surface area contributed by atoms with Gasteiger partial charge in [-0.15, -0.1) is 0 Å². The Hall–Kier alpha value is -0.0400. The molecule has 18 heavy (non-hydrogen) atoms. The van der Waals surface area contributed by atoms with Gasteiger partial charge in [0.1, 0.15) is 0 Å². The van der Waals surface area contributed by atoms with Gasteiger partial charge in [0.2, 0.25) is 0 Å². The average Bonchev–Trinajstić information content (AvgIpc) is 2.31. The van der Waals surface area contributed by atoms with Crippen molar-refractivity contribution in [3.05, 3.63) is 0 Å². The topological polar surface area (TPSA) is 12.0 Å². The maximum atomic E-state index is 3.43. The van der Waals surface area contributed by atoms with Crippen molar-refractivity contribution in [2.24, 2.45) is 29.6 Å². The molecule has 110 valence electrons. The van der Waals surface area contributed by atoms with Crippen molar-refractivity contribution < 1.29 is 0 Å². The van der Waals surface area contributed by atoms with Crippen molar-refractivity contribution in [3.63, 3.8) is 0 Å². The van der Waals surface area contributed by atoms with Gasteiger partial charge >= 0.3 is 0 Å². The number of hydrogen-bond donors (Lipinski definition) is 1. The molecule has 0 heterocycles. The highest BCUT2D eigenvalue weighted by Gasteiger charge is 2.20. The predicted molar refractivity (Wildman–Crippen MR) is 83.9 cm³/mol. The molecule has 1 heteroatoms. The zero-order chi connectivity index (χ0) is 14.3. The Labute approximate surface area is 116 Å². The van der Waals surface area contributed by atoms with Crippen molar-refractivity contribution in [3.8, 4) is 0 Å². The molecule has 0 aromatic carbocycles. The summed E-state index contributed by atoms with van der Waals surface area (Å²) in [5.41, 5.74) is 0. The smallest absolute Gasteiger partial charge is 0.00664 e. The summed E-state index contributed by atoms with van der Waals surface area (Å²) in [5.74, 6) is 4.13. The molecule has 0 aliphatic carbocycles. The van der Waals surface area contributed by atoms with E-state index in [1.165, 1.54) is 19.3 Å². The van der Waals surface area contributed by atoms with Gasteiger partial charge in [-0.25, -0.2) is 0 Å². The van der Waals surface area contributed by atoms with Crippen LogP contribution in [0.5, 0.6) is 0 Å². The molecule has 0 radical (unpaired) electrons. The molecule has 0 rings (SSSR count). The second-order valence-electron chi connectivity index (χ2n) is 7.00. The van der Waals surface area contributed by atoms with Gasteiger partial charge in [0, 0.05) is 6.04 Å². The van der Waals surface area contributed by atoms with Crippen molar-refractivity contribution in [1.29, 1.82) is 0 Å². The Morgan fingerprint density at radius 2 is 1.33 bits per heavy atom. The third-order valence-corrected chi connectivity index (χ3v) is 5.10. The van der Waals surface area contributed by atoms with E-state index in [0.29, 0.717) is 6.04 Å². The minimum absolute atomic E-state index is 0.642. The van der Waals surface area contributed by atoms with E-state index in [0.717, 1.165) is 29.6 Å². The monoisotopic (exact) mass is 255 g/mol. The van der Waals surface area contributed by atoms with Crippen molar-refractivity contribution >= 4 is 0 Å². The molecular formula is C17H37N. The Morgan fingerprint density at radius 3 is 1.72 bits per heavy atom. The van der Waals surface area contributed by atoms with Gasteiger partial charge in [0.05, 0.1) is 0 Å². The molecule has 0 bridgehead atoms. The predicted octanol–water partition coefficient (Wildman–Crippen LogP) is 4.97. The van der Waals surface area contributed by atoms with Crippen LogP contribution in [0.1, 0.15) is 67.7 Å². The van der Waals surface area contributed by atoms with Crippen LogP contribution in [0.15, 0.2) is 0 Å². The first-order valence-corrected chi connectivity index (χ1v) is 7.98. The summed E-state index contributed by atoms with van der Waals surface area (Å²) in [6, 6.07) is 0.642. The lowest BCUT2D eigenvalue weighted by molar-refractivity contribution is 0.241. The molecule has 1 nitrogen and oxygen atoms in total. The van der Waals surface area contributed by atoms with Crippen LogP contribution in [0.2, 0.25) is 0 Å². The Bertz CT molecular complexity index is 198. The Balaban J connectivity index is 4.07. The molecule has 4 unspecified atom stereocenters. The van der Waals surface area contributed by atoms with Gasteiger partial charge in [-0.1, -0.05) is 54.4 Å². The number of nitrogens with one attached hydrogen (secondary N) is 1. The van der Waals surface area contributed by atoms with Crippen molar-refractivity contribution in [1.82, 2.24) is 5.32 Å². The van der Waals surface area contributed by atoms with Crippen LogP contribution in [-0.2, 0) is 0 Å². The highest BCUT2D eigenvalue weighted by atomic mass is 14.9. The maximum Gasteiger partial charge on any atom is 0.00664 e. The Kier molecular flexibility index (Phi) is 8.94. The highest BCUT2D eigenvalue weighted by molar-refractivity contribution is 4.75. The molecule has 0 aliphatic rings. The first-order chi connectivity index (χ1) is 8.31. The van der Waals surface area contributed by atoms with E-state index in [2.05, 4.69) is 60.8 Å². The standard InChI is InChI=1S/C17H37N/c1-12(2)15(6)14(5)10-9-11-17(13(3)4)16(7)18-8/h12-18H,9-11H2,1-8H3. The molecule has 0 aromatic heterocycles. The summed E-state index contributed by atoms with van der Waals surface area (Å²) >= 11 is 0.